The van der Waals surface area contributed by atoms with E-state index in [2.05, 4.69) is 65.4 Å². The number of rotatable bonds is 9. The molecule has 0 amide bonds. The fourth-order valence-corrected chi connectivity index (χ4v) is 5.40. The summed E-state index contributed by atoms with van der Waals surface area (Å²) < 4.78 is 1.16. The van der Waals surface area contributed by atoms with Gasteiger partial charge in [0.15, 0.2) is 0 Å². The number of allylic oxidation sites excluding steroid dienone is 4. The van der Waals surface area contributed by atoms with Crippen molar-refractivity contribution in [2.75, 3.05) is 0 Å². The van der Waals surface area contributed by atoms with E-state index in [0.29, 0.717) is 11.8 Å². The normalized spacial score (nSPS) is 26.7. The third-order valence-corrected chi connectivity index (χ3v) is 6.88. The van der Waals surface area contributed by atoms with Crippen molar-refractivity contribution in [1.82, 2.24) is 0 Å². The molecule has 27 heavy (non-hydrogen) atoms. The quantitative estimate of drug-likeness (QED) is 0.348. The molecule has 0 radical (unpaired) electrons. The summed E-state index contributed by atoms with van der Waals surface area (Å²) in [7, 11) is 0. The van der Waals surface area contributed by atoms with Gasteiger partial charge in [-0.15, -0.1) is 0 Å². The molecule has 146 valence electrons. The lowest BCUT2D eigenvalue weighted by atomic mass is 9.61. The second-order valence-corrected chi connectivity index (χ2v) is 9.12. The summed E-state index contributed by atoms with van der Waals surface area (Å²) in [4.78, 5) is 10.7. The molecule has 0 spiro atoms. The van der Waals surface area contributed by atoms with E-state index < -0.39 is 5.97 Å². The zero-order valence-corrected chi connectivity index (χ0v) is 17.8. The van der Waals surface area contributed by atoms with Crippen LogP contribution in [0.4, 0.5) is 0 Å². The Hall–Kier alpha value is -1.35. The second-order valence-electron chi connectivity index (χ2n) is 8.21. The molecule has 2 bridgehead atoms. The van der Waals surface area contributed by atoms with E-state index in [-0.39, 0.29) is 6.42 Å². The lowest BCUT2D eigenvalue weighted by Gasteiger charge is -2.44. The highest BCUT2D eigenvalue weighted by Gasteiger charge is 2.38. The predicted octanol–water partition coefficient (Wildman–Crippen LogP) is 6.72. The number of aliphatic carboxylic acids is 1. The fourth-order valence-electron chi connectivity index (χ4n) is 4.93. The maximum Gasteiger partial charge on any atom is 0.303 e. The van der Waals surface area contributed by atoms with Crippen LogP contribution in [0.2, 0.25) is 0 Å². The molecule has 1 saturated carbocycles. The van der Waals surface area contributed by atoms with E-state index in [9.17, 15) is 4.79 Å². The second kappa shape index (κ2) is 9.73. The summed E-state index contributed by atoms with van der Waals surface area (Å²) in [5, 5.41) is 8.78. The number of halogens is 1. The Bertz CT molecular complexity index is 706. The number of fused-ring (bicyclic) bond motifs is 2. The number of benzene rings is 1. The Labute approximate surface area is 171 Å². The summed E-state index contributed by atoms with van der Waals surface area (Å²) in [6.45, 7) is 2.20. The number of aryl methyl sites for hydroxylation is 2. The van der Waals surface area contributed by atoms with Gasteiger partial charge in [-0.2, -0.15) is 0 Å². The Morgan fingerprint density at radius 3 is 2.70 bits per heavy atom. The molecule has 4 atom stereocenters. The van der Waals surface area contributed by atoms with Crippen molar-refractivity contribution in [2.45, 2.75) is 58.3 Å². The number of unbranched alkanes of at least 4 members (excludes halogenated alkanes) is 1. The van der Waals surface area contributed by atoms with Crippen LogP contribution in [0.5, 0.6) is 0 Å². The van der Waals surface area contributed by atoms with Gasteiger partial charge in [0.25, 0.3) is 0 Å². The predicted molar refractivity (Wildman–Crippen MR) is 115 cm³/mol. The summed E-state index contributed by atoms with van der Waals surface area (Å²) in [5.74, 6) is 2.12. The monoisotopic (exact) mass is 430 g/mol. The van der Waals surface area contributed by atoms with Gasteiger partial charge in [0, 0.05) is 10.9 Å². The average Bonchev–Trinajstić information content (AvgIpc) is 2.64. The van der Waals surface area contributed by atoms with Crippen molar-refractivity contribution in [3.8, 4) is 0 Å². The topological polar surface area (TPSA) is 37.3 Å². The average molecular weight is 431 g/mol. The largest absolute Gasteiger partial charge is 0.481 e. The van der Waals surface area contributed by atoms with Crippen molar-refractivity contribution in [2.24, 2.45) is 23.7 Å². The first-order chi connectivity index (χ1) is 13.0. The minimum Gasteiger partial charge on any atom is -0.481 e. The lowest BCUT2D eigenvalue weighted by Crippen LogP contribution is -2.35. The molecule has 0 aliphatic heterocycles. The molecule has 0 saturated heterocycles. The van der Waals surface area contributed by atoms with Gasteiger partial charge in [-0.3, -0.25) is 4.79 Å². The Kier molecular flexibility index (Phi) is 7.34. The van der Waals surface area contributed by atoms with Crippen molar-refractivity contribution in [1.29, 1.82) is 0 Å². The van der Waals surface area contributed by atoms with Crippen LogP contribution < -0.4 is 0 Å². The van der Waals surface area contributed by atoms with E-state index in [0.717, 1.165) is 35.6 Å². The van der Waals surface area contributed by atoms with Gasteiger partial charge < -0.3 is 5.11 Å². The van der Waals surface area contributed by atoms with Gasteiger partial charge >= 0.3 is 5.97 Å². The van der Waals surface area contributed by atoms with Crippen LogP contribution in [-0.4, -0.2) is 11.1 Å². The highest BCUT2D eigenvalue weighted by molar-refractivity contribution is 9.10. The van der Waals surface area contributed by atoms with E-state index in [4.69, 9.17) is 5.11 Å². The number of hydrogen-bond donors (Lipinski definition) is 1. The van der Waals surface area contributed by atoms with Crippen molar-refractivity contribution >= 4 is 21.9 Å². The number of hydrogen-bond acceptors (Lipinski definition) is 1. The maximum absolute atomic E-state index is 10.7. The van der Waals surface area contributed by atoms with Crippen molar-refractivity contribution in [3.63, 3.8) is 0 Å². The minimum absolute atomic E-state index is 0.275. The molecule has 1 aromatic rings. The minimum atomic E-state index is -0.691. The SMILES string of the molecule is Cc1cc(Br)ccc1CCC[C@@H]1[C@@H](/C=C\CCCC(=O)O)[C@H]2C=C[C@@H]1CC2. The molecule has 3 aliphatic carbocycles. The molecule has 1 fully saturated rings. The van der Waals surface area contributed by atoms with E-state index >= 15 is 0 Å². The summed E-state index contributed by atoms with van der Waals surface area (Å²) >= 11 is 3.55. The zero-order chi connectivity index (χ0) is 19.2. The van der Waals surface area contributed by atoms with Crippen LogP contribution in [0.3, 0.4) is 0 Å². The van der Waals surface area contributed by atoms with E-state index in [1.807, 2.05) is 0 Å². The first kappa shape index (κ1) is 20.4. The van der Waals surface area contributed by atoms with Gasteiger partial charge in [-0.25, -0.2) is 0 Å². The standard InChI is InChI=1S/C24H31BrO2/c1-17-16-21(25)15-14-18(17)6-5-8-23-20-12-10-19(11-13-20)22(23)7-3-2-4-9-24(26)27/h3,7,10,12,14-16,19-20,22-23H,2,4-6,8-9,11,13H2,1H3,(H,26,27)/b7-3-/t19-,20+,22-,23-/m0/s1. The molecule has 0 unspecified atom stereocenters. The molecule has 1 aromatic carbocycles. The Morgan fingerprint density at radius 2 is 2.00 bits per heavy atom. The van der Waals surface area contributed by atoms with Crippen LogP contribution in [-0.2, 0) is 11.2 Å². The van der Waals surface area contributed by atoms with Crippen LogP contribution in [0.25, 0.3) is 0 Å². The first-order valence-electron chi connectivity index (χ1n) is 10.4. The summed E-state index contributed by atoms with van der Waals surface area (Å²) in [6.07, 6.45) is 17.8. The smallest absolute Gasteiger partial charge is 0.303 e. The third-order valence-electron chi connectivity index (χ3n) is 6.39. The van der Waals surface area contributed by atoms with Gasteiger partial charge in [0.2, 0.25) is 0 Å². The highest BCUT2D eigenvalue weighted by atomic mass is 79.9. The van der Waals surface area contributed by atoms with Crippen LogP contribution >= 0.6 is 15.9 Å². The third kappa shape index (κ3) is 5.57. The Balaban J connectivity index is 1.55. The van der Waals surface area contributed by atoms with Crippen LogP contribution in [0.1, 0.15) is 56.1 Å². The van der Waals surface area contributed by atoms with Crippen LogP contribution in [0, 0.1) is 30.6 Å². The van der Waals surface area contributed by atoms with Crippen LogP contribution in [0.15, 0.2) is 47.0 Å². The molecular formula is C24H31BrO2. The van der Waals surface area contributed by atoms with Gasteiger partial charge in [0.1, 0.15) is 0 Å². The molecule has 0 heterocycles. The molecule has 3 aliphatic rings. The number of carboxylic acids is 1. The molecule has 1 N–H and O–H groups in total. The van der Waals surface area contributed by atoms with Crippen molar-refractivity contribution in [3.05, 3.63) is 58.1 Å². The summed E-state index contributed by atoms with van der Waals surface area (Å²) in [5.41, 5.74) is 2.85. The zero-order valence-electron chi connectivity index (χ0n) is 16.2. The molecular weight excluding hydrogens is 400 g/mol. The van der Waals surface area contributed by atoms with Gasteiger partial charge in [0.05, 0.1) is 0 Å². The van der Waals surface area contributed by atoms with Gasteiger partial charge in [-0.05, 0) is 98.8 Å². The summed E-state index contributed by atoms with van der Waals surface area (Å²) in [6, 6.07) is 6.62. The number of carboxylic acid groups (broad SMARTS) is 1. The van der Waals surface area contributed by atoms with Gasteiger partial charge in [-0.1, -0.05) is 46.3 Å². The van der Waals surface area contributed by atoms with Crippen molar-refractivity contribution < 1.29 is 9.90 Å². The highest BCUT2D eigenvalue weighted by Crippen LogP contribution is 2.47. The maximum atomic E-state index is 10.7. The van der Waals surface area contributed by atoms with E-state index in [1.165, 1.54) is 36.8 Å². The molecule has 4 rings (SSSR count). The first-order valence-corrected chi connectivity index (χ1v) is 11.2. The molecule has 0 aromatic heterocycles. The molecule has 3 heteroatoms. The molecule has 2 nitrogen and oxygen atoms in total. The Morgan fingerprint density at radius 1 is 1.22 bits per heavy atom. The number of carbonyl (C=O) groups is 1. The fraction of sp³-hybridized carbons (Fsp3) is 0.542. The lowest BCUT2D eigenvalue weighted by molar-refractivity contribution is -0.137. The van der Waals surface area contributed by atoms with E-state index in [1.54, 1.807) is 0 Å².